The van der Waals surface area contributed by atoms with E-state index in [1.54, 1.807) is 30.3 Å². The van der Waals surface area contributed by atoms with E-state index >= 15 is 0 Å². The molecule has 0 radical (unpaired) electrons. The van der Waals surface area contributed by atoms with Gasteiger partial charge in [-0.15, -0.1) is 0 Å². The van der Waals surface area contributed by atoms with Gasteiger partial charge in [0.15, 0.2) is 0 Å². The molecule has 27 heavy (non-hydrogen) atoms. The Bertz CT molecular complexity index is 950. The molecule has 3 aromatic rings. The van der Waals surface area contributed by atoms with E-state index in [-0.39, 0.29) is 17.8 Å². The number of halogens is 1. The van der Waals surface area contributed by atoms with Crippen LogP contribution in [0.5, 0.6) is 5.75 Å². The number of benzene rings is 2. The fourth-order valence-electron chi connectivity index (χ4n) is 3.31. The van der Waals surface area contributed by atoms with E-state index in [4.69, 9.17) is 9.15 Å². The highest BCUT2D eigenvalue weighted by atomic mass is 19.1. The highest BCUT2D eigenvalue weighted by molar-refractivity contribution is 5.76. The number of aryl methyl sites for hydroxylation is 1. The summed E-state index contributed by atoms with van der Waals surface area (Å²) in [6.07, 6.45) is 1.52. The predicted molar refractivity (Wildman–Crippen MR) is 99.9 cm³/mol. The number of hydrogen-bond acceptors (Lipinski definition) is 3. The molecular weight excluding hydrogens is 345 g/mol. The second kappa shape index (κ2) is 7.66. The molecular formula is C22H20FNO3. The van der Waals surface area contributed by atoms with Gasteiger partial charge in [0.05, 0.1) is 18.2 Å². The fraction of sp³-hybridized carbons (Fsp3) is 0.227. The van der Waals surface area contributed by atoms with Crippen molar-refractivity contribution >= 4 is 5.91 Å². The average Bonchev–Trinajstić information content (AvgIpc) is 3.16. The Balaban J connectivity index is 1.36. The minimum Gasteiger partial charge on any atom is -0.493 e. The number of hydrogen-bond donors (Lipinski definition) is 1. The van der Waals surface area contributed by atoms with Crippen LogP contribution in [0.3, 0.4) is 0 Å². The molecule has 0 spiro atoms. The molecule has 5 heteroatoms. The molecule has 0 unspecified atom stereocenters. The first-order valence-corrected chi connectivity index (χ1v) is 9.05. The largest absolute Gasteiger partial charge is 0.493 e. The van der Waals surface area contributed by atoms with Crippen molar-refractivity contribution in [2.24, 2.45) is 0 Å². The number of carbonyl (C=O) groups excluding carboxylic acids is 1. The highest BCUT2D eigenvalue weighted by Crippen LogP contribution is 2.31. The Morgan fingerprint density at radius 2 is 1.89 bits per heavy atom. The number of nitrogens with one attached hydrogen (secondary N) is 1. The second-order valence-corrected chi connectivity index (χ2v) is 6.54. The molecule has 1 aliphatic rings. The van der Waals surface area contributed by atoms with E-state index < -0.39 is 0 Å². The molecule has 1 amide bonds. The summed E-state index contributed by atoms with van der Waals surface area (Å²) in [5, 5.41) is 3.07. The van der Waals surface area contributed by atoms with Crippen molar-refractivity contribution in [1.82, 2.24) is 5.32 Å². The smallest absolute Gasteiger partial charge is 0.220 e. The maximum Gasteiger partial charge on any atom is 0.220 e. The van der Waals surface area contributed by atoms with Gasteiger partial charge in [-0.3, -0.25) is 4.79 Å². The van der Waals surface area contributed by atoms with Crippen LogP contribution in [0.15, 0.2) is 65.1 Å². The van der Waals surface area contributed by atoms with Crippen LogP contribution < -0.4 is 10.1 Å². The van der Waals surface area contributed by atoms with Gasteiger partial charge in [-0.1, -0.05) is 30.3 Å². The lowest BCUT2D eigenvalue weighted by molar-refractivity contribution is -0.122. The highest BCUT2D eigenvalue weighted by Gasteiger charge is 2.22. The van der Waals surface area contributed by atoms with Crippen molar-refractivity contribution in [2.45, 2.75) is 25.3 Å². The third kappa shape index (κ3) is 3.87. The Hall–Kier alpha value is -3.08. The van der Waals surface area contributed by atoms with Gasteiger partial charge in [0, 0.05) is 24.8 Å². The monoisotopic (exact) mass is 365 g/mol. The lowest BCUT2D eigenvalue weighted by atomic mass is 10.0. The van der Waals surface area contributed by atoms with E-state index in [9.17, 15) is 9.18 Å². The molecule has 0 fully saturated rings. The van der Waals surface area contributed by atoms with Gasteiger partial charge in [0.2, 0.25) is 5.91 Å². The number of rotatable bonds is 5. The third-order valence-corrected chi connectivity index (χ3v) is 4.69. The van der Waals surface area contributed by atoms with Crippen LogP contribution in [0.4, 0.5) is 4.39 Å². The van der Waals surface area contributed by atoms with Crippen molar-refractivity contribution in [3.63, 3.8) is 0 Å². The van der Waals surface area contributed by atoms with Crippen LogP contribution in [-0.2, 0) is 11.2 Å². The van der Waals surface area contributed by atoms with Crippen molar-refractivity contribution in [2.75, 3.05) is 6.61 Å². The lowest BCUT2D eigenvalue weighted by Gasteiger charge is -2.26. The fourth-order valence-corrected chi connectivity index (χ4v) is 3.31. The maximum absolute atomic E-state index is 13.8. The van der Waals surface area contributed by atoms with Crippen LogP contribution in [0, 0.1) is 5.82 Å². The van der Waals surface area contributed by atoms with Crippen LogP contribution in [0.25, 0.3) is 11.3 Å². The van der Waals surface area contributed by atoms with Gasteiger partial charge >= 0.3 is 0 Å². The second-order valence-electron chi connectivity index (χ2n) is 6.54. The zero-order valence-electron chi connectivity index (χ0n) is 14.8. The summed E-state index contributed by atoms with van der Waals surface area (Å²) in [6.45, 7) is 0.589. The number of amides is 1. The molecule has 1 N–H and O–H groups in total. The average molecular weight is 365 g/mol. The van der Waals surface area contributed by atoms with Gasteiger partial charge in [-0.05, 0) is 30.3 Å². The van der Waals surface area contributed by atoms with Crippen molar-refractivity contribution in [3.8, 4) is 17.1 Å². The SMILES string of the molecule is O=C(CCc1ccc(-c2ccccc2F)o1)N[C@@H]1CCOc2ccccc21. The topological polar surface area (TPSA) is 51.5 Å². The van der Waals surface area contributed by atoms with Crippen molar-refractivity contribution in [3.05, 3.63) is 77.8 Å². The summed E-state index contributed by atoms with van der Waals surface area (Å²) in [5.41, 5.74) is 1.43. The lowest BCUT2D eigenvalue weighted by Crippen LogP contribution is -2.32. The minimum atomic E-state index is -0.325. The Kier molecular flexibility index (Phi) is 4.92. The quantitative estimate of drug-likeness (QED) is 0.715. The van der Waals surface area contributed by atoms with Crippen molar-refractivity contribution < 1.29 is 18.3 Å². The van der Waals surface area contributed by atoms with Gasteiger partial charge in [0.1, 0.15) is 23.1 Å². The van der Waals surface area contributed by atoms with Crippen LogP contribution >= 0.6 is 0 Å². The van der Waals surface area contributed by atoms with E-state index in [1.165, 1.54) is 6.07 Å². The molecule has 2 heterocycles. The molecule has 2 aromatic carbocycles. The maximum atomic E-state index is 13.8. The van der Waals surface area contributed by atoms with Gasteiger partial charge in [0.25, 0.3) is 0 Å². The number of furan rings is 1. The molecule has 0 bridgehead atoms. The van der Waals surface area contributed by atoms with Crippen LogP contribution in [0.2, 0.25) is 0 Å². The third-order valence-electron chi connectivity index (χ3n) is 4.69. The normalized spacial score (nSPS) is 15.7. The first kappa shape index (κ1) is 17.3. The Morgan fingerprint density at radius 1 is 1.07 bits per heavy atom. The number of fused-ring (bicyclic) bond motifs is 1. The first-order chi connectivity index (χ1) is 13.2. The summed E-state index contributed by atoms with van der Waals surface area (Å²) < 4.78 is 25.2. The van der Waals surface area contributed by atoms with Crippen LogP contribution in [0.1, 0.15) is 30.2 Å². The molecule has 0 saturated heterocycles. The van der Waals surface area contributed by atoms with Gasteiger partial charge in [-0.25, -0.2) is 4.39 Å². The molecule has 1 aliphatic heterocycles. The molecule has 0 aliphatic carbocycles. The first-order valence-electron chi connectivity index (χ1n) is 9.05. The minimum absolute atomic E-state index is 0.0342. The molecule has 138 valence electrons. The summed E-state index contributed by atoms with van der Waals surface area (Å²) >= 11 is 0. The predicted octanol–water partition coefficient (Wildman–Crippen LogP) is 4.66. The van der Waals surface area contributed by atoms with E-state index in [0.717, 1.165) is 17.7 Å². The summed E-state index contributed by atoms with van der Waals surface area (Å²) in [6, 6.07) is 17.7. The van der Waals surface area contributed by atoms with Crippen LogP contribution in [-0.4, -0.2) is 12.5 Å². The zero-order chi connectivity index (χ0) is 18.6. The molecule has 0 saturated carbocycles. The standard InChI is InChI=1S/C22H20FNO3/c23-18-7-3-1-5-16(18)21-11-9-15(27-21)10-12-22(25)24-19-13-14-26-20-8-4-2-6-17(19)20/h1-9,11,19H,10,12-14H2,(H,24,25)/t19-/m1/s1. The Morgan fingerprint density at radius 3 is 2.78 bits per heavy atom. The molecule has 1 aromatic heterocycles. The van der Waals surface area contributed by atoms with E-state index in [0.29, 0.717) is 36.5 Å². The number of para-hydroxylation sites is 1. The van der Waals surface area contributed by atoms with E-state index in [2.05, 4.69) is 5.32 Å². The Labute approximate surface area is 157 Å². The van der Waals surface area contributed by atoms with Gasteiger partial charge in [-0.2, -0.15) is 0 Å². The number of carbonyl (C=O) groups is 1. The number of ether oxygens (including phenoxy) is 1. The van der Waals surface area contributed by atoms with Crippen molar-refractivity contribution in [1.29, 1.82) is 0 Å². The summed E-state index contributed by atoms with van der Waals surface area (Å²) in [4.78, 5) is 12.4. The summed E-state index contributed by atoms with van der Waals surface area (Å²) in [7, 11) is 0. The zero-order valence-corrected chi connectivity index (χ0v) is 14.8. The molecule has 4 rings (SSSR count). The molecule has 1 atom stereocenters. The van der Waals surface area contributed by atoms with E-state index in [1.807, 2.05) is 24.3 Å². The molecule has 4 nitrogen and oxygen atoms in total. The van der Waals surface area contributed by atoms with Gasteiger partial charge < -0.3 is 14.5 Å². The summed E-state index contributed by atoms with van der Waals surface area (Å²) in [5.74, 6) is 1.60.